The van der Waals surface area contributed by atoms with Gasteiger partial charge in [-0.05, 0) is 38.0 Å². The van der Waals surface area contributed by atoms with Crippen LogP contribution in [0.1, 0.15) is 40.5 Å². The third-order valence-corrected chi connectivity index (χ3v) is 6.72. The molecule has 1 aromatic carbocycles. The first-order valence-electron chi connectivity index (χ1n) is 11.3. The molecule has 1 saturated carbocycles. The molecule has 33 heavy (non-hydrogen) atoms. The molecule has 0 unspecified atom stereocenters. The highest BCUT2D eigenvalue weighted by atomic mass is 35.5. The maximum Gasteiger partial charge on any atom is 0.254 e. The fourth-order valence-electron chi connectivity index (χ4n) is 4.46. The number of amides is 2. The van der Waals surface area contributed by atoms with Crippen molar-refractivity contribution in [2.45, 2.75) is 25.7 Å². The van der Waals surface area contributed by atoms with Crippen molar-refractivity contribution in [3.63, 3.8) is 0 Å². The number of nitrogens with one attached hydrogen (secondary N) is 1. The Bertz CT molecular complexity index is 1230. The lowest BCUT2D eigenvalue weighted by Gasteiger charge is -2.34. The Balaban J connectivity index is 1.26. The van der Waals surface area contributed by atoms with Crippen LogP contribution in [0.25, 0.3) is 11.0 Å². The van der Waals surface area contributed by atoms with Crippen molar-refractivity contribution in [1.82, 2.24) is 24.6 Å². The molecule has 1 aliphatic carbocycles. The standard InChI is InChI=1S/C24H27ClN6O2/c1-15-22-17(13-20(16-7-8-16)27-23(22)29(2)28-15)24(33)31-11-9-30(10-12-31)14-21(32)26-19-6-4-3-5-18(19)25/h3-6,13,16H,7-12,14H2,1-2H3,(H,26,32). The smallest absolute Gasteiger partial charge is 0.254 e. The quantitative estimate of drug-likeness (QED) is 0.624. The van der Waals surface area contributed by atoms with Gasteiger partial charge in [-0.25, -0.2) is 4.98 Å². The van der Waals surface area contributed by atoms with E-state index in [0.29, 0.717) is 48.4 Å². The van der Waals surface area contributed by atoms with E-state index in [1.165, 1.54) is 0 Å². The number of benzene rings is 1. The minimum atomic E-state index is -0.112. The zero-order chi connectivity index (χ0) is 23.1. The third kappa shape index (κ3) is 4.45. The minimum absolute atomic E-state index is 0.0144. The van der Waals surface area contributed by atoms with Gasteiger partial charge in [-0.3, -0.25) is 19.2 Å². The molecule has 2 amide bonds. The van der Waals surface area contributed by atoms with Gasteiger partial charge >= 0.3 is 0 Å². The topological polar surface area (TPSA) is 83.4 Å². The Hall–Kier alpha value is -2.97. The summed E-state index contributed by atoms with van der Waals surface area (Å²) in [5.41, 5.74) is 3.88. The second-order valence-electron chi connectivity index (χ2n) is 8.87. The number of carbonyl (C=O) groups excluding carboxylic acids is 2. The molecule has 1 saturated heterocycles. The van der Waals surface area contributed by atoms with Crippen molar-refractivity contribution in [2.24, 2.45) is 7.05 Å². The van der Waals surface area contributed by atoms with Gasteiger partial charge in [0.2, 0.25) is 5.91 Å². The number of rotatable bonds is 5. The first kappa shape index (κ1) is 21.9. The highest BCUT2D eigenvalue weighted by Crippen LogP contribution is 2.40. The lowest BCUT2D eigenvalue weighted by Crippen LogP contribution is -2.50. The number of carbonyl (C=O) groups is 2. The molecule has 0 radical (unpaired) electrons. The number of fused-ring (bicyclic) bond motifs is 1. The van der Waals surface area contributed by atoms with E-state index in [9.17, 15) is 9.59 Å². The van der Waals surface area contributed by atoms with Crippen LogP contribution >= 0.6 is 11.6 Å². The lowest BCUT2D eigenvalue weighted by atomic mass is 10.1. The van der Waals surface area contributed by atoms with Crippen LogP contribution < -0.4 is 5.32 Å². The zero-order valence-electron chi connectivity index (χ0n) is 18.8. The monoisotopic (exact) mass is 466 g/mol. The second kappa shape index (κ2) is 8.76. The summed E-state index contributed by atoms with van der Waals surface area (Å²) in [6, 6.07) is 9.16. The number of piperazine rings is 1. The van der Waals surface area contributed by atoms with Crippen LogP contribution in [-0.2, 0) is 11.8 Å². The highest BCUT2D eigenvalue weighted by Gasteiger charge is 2.31. The van der Waals surface area contributed by atoms with Crippen molar-refractivity contribution in [1.29, 1.82) is 0 Å². The molecule has 3 aromatic rings. The summed E-state index contributed by atoms with van der Waals surface area (Å²) in [6.07, 6.45) is 2.25. The van der Waals surface area contributed by atoms with Gasteiger partial charge in [0, 0.05) is 44.8 Å². The Kier molecular flexibility index (Phi) is 5.80. The molecule has 2 aromatic heterocycles. The van der Waals surface area contributed by atoms with Crippen LogP contribution in [0.3, 0.4) is 0 Å². The number of halogens is 1. The van der Waals surface area contributed by atoms with Crippen molar-refractivity contribution in [3.8, 4) is 0 Å². The Morgan fingerprint density at radius 1 is 1.15 bits per heavy atom. The van der Waals surface area contributed by atoms with Gasteiger partial charge in [0.15, 0.2) is 5.65 Å². The van der Waals surface area contributed by atoms with Crippen LogP contribution in [0.4, 0.5) is 5.69 Å². The van der Waals surface area contributed by atoms with Gasteiger partial charge < -0.3 is 10.2 Å². The largest absolute Gasteiger partial charge is 0.336 e. The number of nitrogens with zero attached hydrogens (tertiary/aromatic N) is 5. The lowest BCUT2D eigenvalue weighted by molar-refractivity contribution is -0.117. The molecule has 2 aliphatic rings. The van der Waals surface area contributed by atoms with Crippen LogP contribution in [0.15, 0.2) is 30.3 Å². The second-order valence-corrected chi connectivity index (χ2v) is 9.28. The van der Waals surface area contributed by atoms with Gasteiger partial charge in [0.05, 0.1) is 33.9 Å². The molecule has 172 valence electrons. The van der Waals surface area contributed by atoms with Crippen LogP contribution in [-0.4, -0.2) is 69.1 Å². The number of aryl methyl sites for hydroxylation is 2. The van der Waals surface area contributed by atoms with Crippen LogP contribution in [0, 0.1) is 6.92 Å². The molecule has 1 N–H and O–H groups in total. The third-order valence-electron chi connectivity index (χ3n) is 6.39. The fraction of sp³-hybridized carbons (Fsp3) is 0.417. The number of hydrogen-bond donors (Lipinski definition) is 1. The molecule has 3 heterocycles. The van der Waals surface area contributed by atoms with Crippen molar-refractivity contribution >= 4 is 40.1 Å². The minimum Gasteiger partial charge on any atom is -0.336 e. The summed E-state index contributed by atoms with van der Waals surface area (Å²) < 4.78 is 1.77. The molecule has 5 rings (SSSR count). The van der Waals surface area contributed by atoms with Crippen molar-refractivity contribution in [3.05, 3.63) is 52.3 Å². The first-order valence-corrected chi connectivity index (χ1v) is 11.7. The summed E-state index contributed by atoms with van der Waals surface area (Å²) in [5.74, 6) is 0.351. The average molecular weight is 467 g/mol. The van der Waals surface area contributed by atoms with Gasteiger partial charge in [-0.15, -0.1) is 0 Å². The van der Waals surface area contributed by atoms with Gasteiger partial charge in [-0.1, -0.05) is 23.7 Å². The van der Waals surface area contributed by atoms with E-state index in [1.54, 1.807) is 16.8 Å². The molecular weight excluding hydrogens is 440 g/mol. The number of aromatic nitrogens is 3. The van der Waals surface area contributed by atoms with Gasteiger partial charge in [-0.2, -0.15) is 5.10 Å². The molecule has 1 aliphatic heterocycles. The normalized spacial score (nSPS) is 16.9. The van der Waals surface area contributed by atoms with Crippen molar-refractivity contribution in [2.75, 3.05) is 38.0 Å². The SMILES string of the molecule is Cc1nn(C)c2nc(C3CC3)cc(C(=O)N3CCN(CC(=O)Nc4ccccc4Cl)CC3)c12. The summed E-state index contributed by atoms with van der Waals surface area (Å²) in [5, 5.41) is 8.72. The summed E-state index contributed by atoms with van der Waals surface area (Å²) in [6.45, 7) is 4.60. The van der Waals surface area contributed by atoms with E-state index in [4.69, 9.17) is 16.6 Å². The van der Waals surface area contributed by atoms with Crippen LogP contribution in [0.5, 0.6) is 0 Å². The van der Waals surface area contributed by atoms with Gasteiger partial charge in [0.25, 0.3) is 5.91 Å². The Morgan fingerprint density at radius 2 is 1.88 bits per heavy atom. The predicted octanol–water partition coefficient (Wildman–Crippen LogP) is 3.20. The van der Waals surface area contributed by atoms with Crippen molar-refractivity contribution < 1.29 is 9.59 Å². The van der Waals surface area contributed by atoms with E-state index < -0.39 is 0 Å². The molecule has 0 spiro atoms. The maximum atomic E-state index is 13.5. The van der Waals surface area contributed by atoms with Crippen LogP contribution in [0.2, 0.25) is 5.02 Å². The molecule has 0 atom stereocenters. The Morgan fingerprint density at radius 3 is 2.58 bits per heavy atom. The van der Waals surface area contributed by atoms with E-state index >= 15 is 0 Å². The first-order chi connectivity index (χ1) is 15.9. The fourth-order valence-corrected chi connectivity index (χ4v) is 4.64. The number of para-hydroxylation sites is 1. The predicted molar refractivity (Wildman–Crippen MR) is 128 cm³/mol. The summed E-state index contributed by atoms with van der Waals surface area (Å²) in [4.78, 5) is 34.7. The van der Waals surface area contributed by atoms with E-state index in [2.05, 4.69) is 15.3 Å². The zero-order valence-corrected chi connectivity index (χ0v) is 19.6. The van der Waals surface area contributed by atoms with E-state index in [-0.39, 0.29) is 18.4 Å². The summed E-state index contributed by atoms with van der Waals surface area (Å²) in [7, 11) is 1.87. The average Bonchev–Trinajstić information content (AvgIpc) is 3.61. The molecule has 9 heteroatoms. The van der Waals surface area contributed by atoms with E-state index in [0.717, 1.165) is 35.3 Å². The number of pyridine rings is 1. The van der Waals surface area contributed by atoms with E-state index in [1.807, 2.05) is 37.1 Å². The number of hydrogen-bond acceptors (Lipinski definition) is 5. The number of anilines is 1. The summed E-state index contributed by atoms with van der Waals surface area (Å²) >= 11 is 6.13. The van der Waals surface area contributed by atoms with Gasteiger partial charge in [0.1, 0.15) is 0 Å². The Labute approximate surface area is 197 Å². The molecule has 8 nitrogen and oxygen atoms in total. The molecule has 0 bridgehead atoms. The maximum absolute atomic E-state index is 13.5. The highest BCUT2D eigenvalue weighted by molar-refractivity contribution is 6.33. The molecule has 2 fully saturated rings. The molecular formula is C24H27ClN6O2.